The molecular weight excluding hydrogens is 346 g/mol. The van der Waals surface area contributed by atoms with Crippen LogP contribution in [-0.4, -0.2) is 68.7 Å². The summed E-state index contributed by atoms with van der Waals surface area (Å²) in [5.74, 6) is -0.151. The van der Waals surface area contributed by atoms with Gasteiger partial charge in [-0.3, -0.25) is 14.8 Å². The van der Waals surface area contributed by atoms with Crippen molar-refractivity contribution in [3.8, 4) is 17.3 Å². The van der Waals surface area contributed by atoms with Gasteiger partial charge < -0.3 is 25.2 Å². The van der Waals surface area contributed by atoms with Crippen LogP contribution in [-0.2, 0) is 0 Å². The standard InChI is InChI=1S/C16H19N3O7/c1-26-11-4-2-10(3-5-11)19-14(24)12(13(23)18-15(19)25)6-17-16(7-20,8-21)9-22/h2-6,20-22,24H,7-9H2,1H3,(H,18,23,25). The molecule has 0 spiro atoms. The number of aromatic nitrogens is 2. The summed E-state index contributed by atoms with van der Waals surface area (Å²) in [5, 5.41) is 38.2. The number of aliphatic hydroxyl groups excluding tert-OH is 3. The summed E-state index contributed by atoms with van der Waals surface area (Å²) in [5.41, 5.74) is -3.52. The third kappa shape index (κ3) is 3.67. The van der Waals surface area contributed by atoms with E-state index in [1.54, 1.807) is 12.1 Å². The van der Waals surface area contributed by atoms with Gasteiger partial charge in [0.15, 0.2) is 0 Å². The number of aromatic amines is 1. The van der Waals surface area contributed by atoms with Crippen molar-refractivity contribution in [1.82, 2.24) is 9.55 Å². The number of H-pyrrole nitrogens is 1. The molecule has 10 heteroatoms. The average Bonchev–Trinajstić information content (AvgIpc) is 2.65. The Balaban J connectivity index is 2.59. The van der Waals surface area contributed by atoms with Crippen molar-refractivity contribution in [2.75, 3.05) is 26.9 Å². The predicted octanol–water partition coefficient (Wildman–Crippen LogP) is -1.63. The van der Waals surface area contributed by atoms with Gasteiger partial charge >= 0.3 is 5.69 Å². The Morgan fingerprint density at radius 1 is 1.15 bits per heavy atom. The highest BCUT2D eigenvalue weighted by atomic mass is 16.5. The van der Waals surface area contributed by atoms with Crippen LogP contribution < -0.4 is 16.0 Å². The highest BCUT2D eigenvalue weighted by molar-refractivity contribution is 5.82. The zero-order valence-electron chi connectivity index (χ0n) is 13.9. The van der Waals surface area contributed by atoms with Crippen molar-refractivity contribution in [3.05, 3.63) is 50.7 Å². The van der Waals surface area contributed by atoms with Crippen LogP contribution in [0.2, 0.25) is 0 Å². The highest BCUT2D eigenvalue weighted by Gasteiger charge is 2.27. The van der Waals surface area contributed by atoms with Gasteiger partial charge in [0.2, 0.25) is 5.88 Å². The number of aliphatic hydroxyl groups is 3. The van der Waals surface area contributed by atoms with Gasteiger partial charge in [0.25, 0.3) is 5.56 Å². The van der Waals surface area contributed by atoms with E-state index < -0.39 is 42.5 Å². The van der Waals surface area contributed by atoms with Crippen LogP contribution in [0.4, 0.5) is 0 Å². The Labute approximate surface area is 147 Å². The molecule has 0 saturated carbocycles. The largest absolute Gasteiger partial charge is 0.497 e. The Morgan fingerprint density at radius 2 is 1.73 bits per heavy atom. The molecule has 26 heavy (non-hydrogen) atoms. The maximum absolute atomic E-state index is 12.1. The quantitative estimate of drug-likeness (QED) is 0.369. The maximum Gasteiger partial charge on any atom is 0.335 e. The normalized spacial score (nSPS) is 11.8. The first-order valence-electron chi connectivity index (χ1n) is 7.52. The molecule has 0 saturated heterocycles. The van der Waals surface area contributed by atoms with E-state index in [0.29, 0.717) is 5.75 Å². The molecule has 5 N–H and O–H groups in total. The molecule has 0 aliphatic heterocycles. The second-order valence-corrected chi connectivity index (χ2v) is 5.49. The molecule has 140 valence electrons. The summed E-state index contributed by atoms with van der Waals surface area (Å²) in [6, 6.07) is 6.13. The molecule has 0 atom stereocenters. The highest BCUT2D eigenvalue weighted by Crippen LogP contribution is 2.19. The molecule has 0 aliphatic carbocycles. The third-order valence-corrected chi connectivity index (χ3v) is 3.80. The number of aromatic hydroxyl groups is 1. The summed E-state index contributed by atoms with van der Waals surface area (Å²) in [6.07, 6.45) is 0.885. The Hall–Kier alpha value is -2.95. The molecule has 1 aromatic carbocycles. The lowest BCUT2D eigenvalue weighted by Crippen LogP contribution is -2.40. The minimum atomic E-state index is -1.63. The van der Waals surface area contributed by atoms with Gasteiger partial charge in [0.05, 0.1) is 32.6 Å². The molecule has 1 heterocycles. The molecule has 1 aromatic heterocycles. The minimum Gasteiger partial charge on any atom is -0.497 e. The van der Waals surface area contributed by atoms with Crippen LogP contribution in [0.3, 0.4) is 0 Å². The van der Waals surface area contributed by atoms with Gasteiger partial charge in [-0.1, -0.05) is 0 Å². The monoisotopic (exact) mass is 365 g/mol. The van der Waals surface area contributed by atoms with E-state index in [9.17, 15) is 30.0 Å². The van der Waals surface area contributed by atoms with Crippen molar-refractivity contribution < 1.29 is 25.2 Å². The van der Waals surface area contributed by atoms with E-state index >= 15 is 0 Å². The van der Waals surface area contributed by atoms with E-state index in [2.05, 4.69) is 4.99 Å². The average molecular weight is 365 g/mol. The number of hydrogen-bond donors (Lipinski definition) is 5. The van der Waals surface area contributed by atoms with Crippen molar-refractivity contribution in [3.63, 3.8) is 0 Å². The maximum atomic E-state index is 12.1. The molecule has 0 radical (unpaired) electrons. The van der Waals surface area contributed by atoms with E-state index in [0.717, 1.165) is 10.8 Å². The zero-order chi connectivity index (χ0) is 19.3. The van der Waals surface area contributed by atoms with Crippen molar-refractivity contribution in [1.29, 1.82) is 0 Å². The Morgan fingerprint density at radius 3 is 2.23 bits per heavy atom. The zero-order valence-corrected chi connectivity index (χ0v) is 13.9. The number of aliphatic imine (C=N–C) groups is 1. The predicted molar refractivity (Wildman–Crippen MR) is 92.5 cm³/mol. The van der Waals surface area contributed by atoms with E-state index in [1.165, 1.54) is 19.2 Å². The second kappa shape index (κ2) is 7.95. The van der Waals surface area contributed by atoms with E-state index in [-0.39, 0.29) is 11.3 Å². The number of rotatable bonds is 7. The van der Waals surface area contributed by atoms with Gasteiger partial charge in [-0.05, 0) is 24.3 Å². The summed E-state index contributed by atoms with van der Waals surface area (Å²) in [4.78, 5) is 29.9. The van der Waals surface area contributed by atoms with Gasteiger partial charge in [0.1, 0.15) is 16.9 Å². The first-order valence-corrected chi connectivity index (χ1v) is 7.52. The van der Waals surface area contributed by atoms with Gasteiger partial charge in [-0.15, -0.1) is 0 Å². The summed E-state index contributed by atoms with van der Waals surface area (Å²) in [7, 11) is 1.48. The Kier molecular flexibility index (Phi) is 5.93. The lowest BCUT2D eigenvalue weighted by atomic mass is 10.1. The first kappa shape index (κ1) is 19.4. The summed E-state index contributed by atoms with van der Waals surface area (Å²) in [6.45, 7) is -2.06. The van der Waals surface area contributed by atoms with E-state index in [1.807, 2.05) is 4.98 Å². The number of hydrogen-bond acceptors (Lipinski definition) is 8. The van der Waals surface area contributed by atoms with Gasteiger partial charge in [-0.25, -0.2) is 9.36 Å². The fraction of sp³-hybridized carbons (Fsp3) is 0.312. The minimum absolute atomic E-state index is 0.261. The molecule has 0 fully saturated rings. The number of nitrogens with one attached hydrogen (secondary N) is 1. The smallest absolute Gasteiger partial charge is 0.335 e. The molecule has 0 unspecified atom stereocenters. The summed E-state index contributed by atoms with van der Waals surface area (Å²) < 4.78 is 5.87. The third-order valence-electron chi connectivity index (χ3n) is 3.80. The summed E-state index contributed by atoms with van der Waals surface area (Å²) >= 11 is 0. The molecule has 0 amide bonds. The van der Waals surface area contributed by atoms with E-state index in [4.69, 9.17) is 4.74 Å². The molecule has 2 rings (SSSR count). The first-order chi connectivity index (χ1) is 12.4. The van der Waals surface area contributed by atoms with Crippen LogP contribution in [0.1, 0.15) is 5.56 Å². The SMILES string of the molecule is COc1ccc(-n2c(O)c(C=NC(CO)(CO)CO)c(=O)[nH]c2=O)cc1. The van der Waals surface area contributed by atoms with Crippen LogP contribution in [0.25, 0.3) is 5.69 Å². The fourth-order valence-electron chi connectivity index (χ4n) is 2.10. The van der Waals surface area contributed by atoms with Crippen LogP contribution >= 0.6 is 0 Å². The van der Waals surface area contributed by atoms with Crippen molar-refractivity contribution >= 4 is 6.21 Å². The molecule has 0 bridgehead atoms. The number of nitrogens with zero attached hydrogens (tertiary/aromatic N) is 2. The second-order valence-electron chi connectivity index (χ2n) is 5.49. The molecule has 10 nitrogen and oxygen atoms in total. The fourth-order valence-corrected chi connectivity index (χ4v) is 2.10. The van der Waals surface area contributed by atoms with Crippen molar-refractivity contribution in [2.45, 2.75) is 5.54 Å². The number of benzene rings is 1. The Bertz CT molecular complexity index is 887. The number of methoxy groups -OCH3 is 1. The lowest BCUT2D eigenvalue weighted by Gasteiger charge is -2.22. The lowest BCUT2D eigenvalue weighted by molar-refractivity contribution is 0.0718. The van der Waals surface area contributed by atoms with Crippen LogP contribution in [0.5, 0.6) is 11.6 Å². The van der Waals surface area contributed by atoms with Gasteiger partial charge in [0, 0.05) is 6.21 Å². The topological polar surface area (TPSA) is 157 Å². The molecular formula is C16H19N3O7. The van der Waals surface area contributed by atoms with Crippen molar-refractivity contribution in [2.24, 2.45) is 4.99 Å². The molecule has 2 aromatic rings. The molecule has 0 aliphatic rings. The van der Waals surface area contributed by atoms with Crippen LogP contribution in [0.15, 0.2) is 38.8 Å². The van der Waals surface area contributed by atoms with Crippen LogP contribution in [0, 0.1) is 0 Å². The van der Waals surface area contributed by atoms with Gasteiger partial charge in [-0.2, -0.15) is 0 Å². The number of ether oxygens (including phenoxy) is 1.